The van der Waals surface area contributed by atoms with Crippen molar-refractivity contribution in [1.82, 2.24) is 0 Å². The fourth-order valence-corrected chi connectivity index (χ4v) is 4.44. The fourth-order valence-electron chi connectivity index (χ4n) is 3.74. The summed E-state index contributed by atoms with van der Waals surface area (Å²) in [6, 6.07) is 4.54. The van der Waals surface area contributed by atoms with Gasteiger partial charge in [-0.05, 0) is 39.8 Å². The summed E-state index contributed by atoms with van der Waals surface area (Å²) < 4.78 is 63.7. The van der Waals surface area contributed by atoms with Crippen LogP contribution in [0.15, 0.2) is 24.3 Å². The molecule has 3 fully saturated rings. The van der Waals surface area contributed by atoms with E-state index in [2.05, 4.69) is 0 Å². The Labute approximate surface area is 178 Å². The highest BCUT2D eigenvalue weighted by molar-refractivity contribution is 7.82. The number of ether oxygens (including phenoxy) is 5. The zero-order valence-electron chi connectivity index (χ0n) is 17.2. The Morgan fingerprint density at radius 1 is 0.968 bits per heavy atom. The molecule has 0 aliphatic carbocycles. The Hall–Kier alpha value is -1.87. The van der Waals surface area contributed by atoms with Crippen molar-refractivity contribution in [3.8, 4) is 5.75 Å². The Balaban J connectivity index is 1.43. The normalized spacial score (nSPS) is 33.5. The lowest BCUT2D eigenvalue weighted by Crippen LogP contribution is -2.56. The van der Waals surface area contributed by atoms with Gasteiger partial charge < -0.3 is 27.9 Å². The SMILES string of the molecule is CC1(C)OC2[C@H](OC(COS(=O)(=O)Oc3ccc([N+](=O)[O-])cc3)[C@@H]3OC(C)(C)O[C@H]23)O1. The monoisotopic (exact) mass is 461 g/mol. The van der Waals surface area contributed by atoms with E-state index in [-0.39, 0.29) is 11.4 Å². The maximum Gasteiger partial charge on any atom is 0.449 e. The second kappa shape index (κ2) is 7.62. The summed E-state index contributed by atoms with van der Waals surface area (Å²) in [5.74, 6) is -1.98. The molecule has 3 heterocycles. The van der Waals surface area contributed by atoms with Gasteiger partial charge in [-0.25, -0.2) is 4.18 Å². The molecule has 0 aromatic heterocycles. The van der Waals surface area contributed by atoms with Crippen molar-refractivity contribution >= 4 is 16.1 Å². The first kappa shape index (κ1) is 22.3. The number of hydrogen-bond acceptors (Lipinski definition) is 11. The smallest absolute Gasteiger partial charge is 0.362 e. The first-order chi connectivity index (χ1) is 14.3. The van der Waals surface area contributed by atoms with Crippen molar-refractivity contribution in [2.45, 2.75) is 70.0 Å². The van der Waals surface area contributed by atoms with E-state index in [1.165, 1.54) is 0 Å². The van der Waals surface area contributed by atoms with Crippen LogP contribution < -0.4 is 4.18 Å². The molecule has 0 N–H and O–H groups in total. The molecule has 13 heteroatoms. The number of hydrogen-bond donors (Lipinski definition) is 0. The van der Waals surface area contributed by atoms with Crippen LogP contribution in [0.3, 0.4) is 0 Å². The summed E-state index contributed by atoms with van der Waals surface area (Å²) in [5, 5.41) is 10.7. The zero-order chi connectivity index (χ0) is 22.6. The van der Waals surface area contributed by atoms with Crippen LogP contribution in [0.5, 0.6) is 5.75 Å². The minimum absolute atomic E-state index is 0.135. The maximum atomic E-state index is 12.2. The highest BCUT2D eigenvalue weighted by Crippen LogP contribution is 2.44. The molecule has 0 radical (unpaired) electrons. The summed E-state index contributed by atoms with van der Waals surface area (Å²) in [6.45, 7) is 6.50. The van der Waals surface area contributed by atoms with Gasteiger partial charge in [0.25, 0.3) is 5.69 Å². The molecule has 1 aromatic carbocycles. The predicted molar refractivity (Wildman–Crippen MR) is 101 cm³/mol. The first-order valence-electron chi connectivity index (χ1n) is 9.54. The third-order valence-electron chi connectivity index (χ3n) is 4.87. The number of fused-ring (bicyclic) bond motifs is 3. The van der Waals surface area contributed by atoms with Crippen LogP contribution in [0.4, 0.5) is 5.69 Å². The summed E-state index contributed by atoms with van der Waals surface area (Å²) >= 11 is 0. The van der Waals surface area contributed by atoms with E-state index in [4.69, 9.17) is 32.1 Å². The Bertz CT molecular complexity index is 946. The molecule has 0 bridgehead atoms. The van der Waals surface area contributed by atoms with Crippen molar-refractivity contribution in [3.05, 3.63) is 34.4 Å². The average molecular weight is 461 g/mol. The predicted octanol–water partition coefficient (Wildman–Crippen LogP) is 1.63. The molecule has 172 valence electrons. The number of nitro benzene ring substituents is 1. The number of nitro groups is 1. The van der Waals surface area contributed by atoms with E-state index in [0.717, 1.165) is 24.3 Å². The van der Waals surface area contributed by atoms with Gasteiger partial charge in [-0.1, -0.05) is 0 Å². The lowest BCUT2D eigenvalue weighted by molar-refractivity contribution is -0.384. The van der Waals surface area contributed by atoms with Gasteiger partial charge in [-0.3, -0.25) is 10.1 Å². The van der Waals surface area contributed by atoms with Crippen LogP contribution in [0.25, 0.3) is 0 Å². The molecule has 1 aromatic rings. The Morgan fingerprint density at radius 2 is 1.55 bits per heavy atom. The second-order valence-corrected chi connectivity index (χ2v) is 9.45. The summed E-state index contributed by atoms with van der Waals surface area (Å²) in [6.07, 6.45) is -3.40. The first-order valence-corrected chi connectivity index (χ1v) is 10.9. The molecule has 4 rings (SSSR count). The fraction of sp³-hybridized carbons (Fsp3) is 0.667. The molecular formula is C18H23NO11S. The molecule has 0 spiro atoms. The van der Waals surface area contributed by atoms with E-state index in [0.29, 0.717) is 0 Å². The molecule has 0 amide bonds. The van der Waals surface area contributed by atoms with Crippen molar-refractivity contribution in [2.75, 3.05) is 6.61 Å². The van der Waals surface area contributed by atoms with Crippen LogP contribution in [0.1, 0.15) is 27.7 Å². The minimum atomic E-state index is -4.49. The molecule has 5 atom stereocenters. The standard InChI is InChI=1S/C18H23NO11S/c1-17(2)26-13-12(25-16-15(14(13)27-17)28-18(3,4)29-16)9-24-31(22,23)30-11-7-5-10(6-8-11)19(20)21/h5-8,12-16H,9H2,1-4H3/t12?,13-,14-,15?,16+/m0/s1. The molecule has 2 unspecified atom stereocenters. The number of non-ortho nitro benzene ring substituents is 1. The van der Waals surface area contributed by atoms with E-state index < -0.39 is 64.2 Å². The summed E-state index contributed by atoms with van der Waals surface area (Å²) in [7, 11) is -4.49. The van der Waals surface area contributed by atoms with Crippen molar-refractivity contribution in [3.63, 3.8) is 0 Å². The second-order valence-electron chi connectivity index (χ2n) is 8.23. The summed E-state index contributed by atoms with van der Waals surface area (Å²) in [5.41, 5.74) is -0.204. The van der Waals surface area contributed by atoms with Crippen LogP contribution >= 0.6 is 0 Å². The third kappa shape index (κ3) is 4.82. The van der Waals surface area contributed by atoms with Crippen LogP contribution in [-0.2, 0) is 38.3 Å². The molecule has 3 aliphatic rings. The van der Waals surface area contributed by atoms with Crippen LogP contribution in [0, 0.1) is 10.1 Å². The quantitative estimate of drug-likeness (QED) is 0.450. The highest BCUT2D eigenvalue weighted by atomic mass is 32.3. The number of nitrogens with zero attached hydrogens (tertiary/aromatic N) is 1. The number of benzene rings is 1. The van der Waals surface area contributed by atoms with Crippen molar-refractivity contribution in [1.29, 1.82) is 0 Å². The largest absolute Gasteiger partial charge is 0.449 e. The van der Waals surface area contributed by atoms with Crippen molar-refractivity contribution in [2.24, 2.45) is 0 Å². The topological polar surface area (TPSA) is 142 Å². The summed E-state index contributed by atoms with van der Waals surface area (Å²) in [4.78, 5) is 10.1. The van der Waals surface area contributed by atoms with Gasteiger partial charge in [-0.15, -0.1) is 0 Å². The van der Waals surface area contributed by atoms with Gasteiger partial charge in [0.2, 0.25) is 0 Å². The Morgan fingerprint density at radius 3 is 2.19 bits per heavy atom. The third-order valence-corrected chi connectivity index (χ3v) is 5.69. The van der Waals surface area contributed by atoms with Gasteiger partial charge >= 0.3 is 10.4 Å². The van der Waals surface area contributed by atoms with Gasteiger partial charge in [0.15, 0.2) is 17.9 Å². The zero-order valence-corrected chi connectivity index (χ0v) is 18.1. The van der Waals surface area contributed by atoms with Gasteiger partial charge in [0.1, 0.15) is 30.2 Å². The molecule has 31 heavy (non-hydrogen) atoms. The highest BCUT2D eigenvalue weighted by Gasteiger charge is 2.60. The lowest BCUT2D eigenvalue weighted by Gasteiger charge is -2.36. The molecule has 0 saturated carbocycles. The van der Waals surface area contributed by atoms with Gasteiger partial charge in [0, 0.05) is 12.1 Å². The maximum absolute atomic E-state index is 12.2. The van der Waals surface area contributed by atoms with E-state index in [1.807, 2.05) is 0 Å². The molecular weight excluding hydrogens is 438 g/mol. The molecule has 3 aliphatic heterocycles. The lowest BCUT2D eigenvalue weighted by atomic mass is 9.99. The van der Waals surface area contributed by atoms with E-state index in [9.17, 15) is 18.5 Å². The minimum Gasteiger partial charge on any atom is -0.362 e. The van der Waals surface area contributed by atoms with E-state index in [1.54, 1.807) is 27.7 Å². The van der Waals surface area contributed by atoms with Crippen LogP contribution in [-0.4, -0.2) is 62.2 Å². The average Bonchev–Trinajstić information content (AvgIpc) is 3.14. The van der Waals surface area contributed by atoms with Gasteiger partial charge in [-0.2, -0.15) is 8.42 Å². The molecule has 12 nitrogen and oxygen atoms in total. The Kier molecular flexibility index (Phi) is 5.49. The molecule has 3 saturated heterocycles. The number of rotatable bonds is 6. The van der Waals surface area contributed by atoms with Crippen LogP contribution in [0.2, 0.25) is 0 Å². The van der Waals surface area contributed by atoms with E-state index >= 15 is 0 Å². The van der Waals surface area contributed by atoms with Crippen molar-refractivity contribution < 1.29 is 45.4 Å². The van der Waals surface area contributed by atoms with Gasteiger partial charge in [0.05, 0.1) is 11.5 Å².